The molecular formula is C16H16ClFN2O. The Kier molecular flexibility index (Phi) is 5.72. The molecule has 0 aliphatic heterocycles. The number of carbonyl (C=O) groups excluding carboxylic acids is 1. The van der Waals surface area contributed by atoms with Crippen molar-refractivity contribution in [1.82, 2.24) is 10.6 Å². The van der Waals surface area contributed by atoms with Crippen LogP contribution in [0.3, 0.4) is 0 Å². The van der Waals surface area contributed by atoms with Gasteiger partial charge in [0, 0.05) is 18.1 Å². The van der Waals surface area contributed by atoms with Gasteiger partial charge in [0.15, 0.2) is 0 Å². The summed E-state index contributed by atoms with van der Waals surface area (Å²) in [5, 5.41) is 6.43. The fourth-order valence-corrected chi connectivity index (χ4v) is 2.02. The average molecular weight is 307 g/mol. The molecule has 0 saturated carbocycles. The lowest BCUT2D eigenvalue weighted by atomic mass is 10.2. The third-order valence-electron chi connectivity index (χ3n) is 2.96. The highest BCUT2D eigenvalue weighted by atomic mass is 35.5. The minimum atomic E-state index is -0.267. The first-order valence-electron chi connectivity index (χ1n) is 6.60. The Hall–Kier alpha value is -1.91. The van der Waals surface area contributed by atoms with Crippen LogP contribution >= 0.6 is 11.6 Å². The highest BCUT2D eigenvalue weighted by Gasteiger charge is 2.03. The van der Waals surface area contributed by atoms with Crippen LogP contribution in [0.25, 0.3) is 0 Å². The van der Waals surface area contributed by atoms with E-state index in [0.717, 1.165) is 11.1 Å². The molecule has 2 N–H and O–H groups in total. The first-order chi connectivity index (χ1) is 10.1. The summed E-state index contributed by atoms with van der Waals surface area (Å²) in [7, 11) is 0. The third kappa shape index (κ3) is 5.17. The van der Waals surface area contributed by atoms with Gasteiger partial charge in [0.05, 0.1) is 6.54 Å². The van der Waals surface area contributed by atoms with E-state index in [0.29, 0.717) is 18.1 Å². The molecule has 0 radical (unpaired) electrons. The molecule has 5 heteroatoms. The van der Waals surface area contributed by atoms with Crippen molar-refractivity contribution in [2.75, 3.05) is 6.54 Å². The SMILES string of the molecule is O=C(CNCc1ccc(F)cc1)NCc1ccccc1Cl. The van der Waals surface area contributed by atoms with Gasteiger partial charge in [-0.3, -0.25) is 4.79 Å². The van der Waals surface area contributed by atoms with Crippen molar-refractivity contribution in [1.29, 1.82) is 0 Å². The zero-order valence-electron chi connectivity index (χ0n) is 11.4. The summed E-state index contributed by atoms with van der Waals surface area (Å²) >= 11 is 6.01. The number of halogens is 2. The summed E-state index contributed by atoms with van der Waals surface area (Å²) in [5.74, 6) is -0.381. The number of nitrogens with one attached hydrogen (secondary N) is 2. The molecule has 21 heavy (non-hydrogen) atoms. The fraction of sp³-hybridized carbons (Fsp3) is 0.188. The van der Waals surface area contributed by atoms with E-state index >= 15 is 0 Å². The Bertz CT molecular complexity index is 601. The molecule has 0 aliphatic rings. The van der Waals surface area contributed by atoms with Gasteiger partial charge in [-0.15, -0.1) is 0 Å². The van der Waals surface area contributed by atoms with E-state index in [4.69, 9.17) is 11.6 Å². The maximum Gasteiger partial charge on any atom is 0.234 e. The summed E-state index contributed by atoms with van der Waals surface area (Å²) in [6, 6.07) is 13.5. The quantitative estimate of drug-likeness (QED) is 0.861. The topological polar surface area (TPSA) is 41.1 Å². The molecule has 0 aromatic heterocycles. The van der Waals surface area contributed by atoms with Gasteiger partial charge in [-0.2, -0.15) is 0 Å². The van der Waals surface area contributed by atoms with Crippen molar-refractivity contribution >= 4 is 17.5 Å². The van der Waals surface area contributed by atoms with Gasteiger partial charge in [0.1, 0.15) is 5.82 Å². The summed E-state index contributed by atoms with van der Waals surface area (Å²) in [5.41, 5.74) is 1.81. The minimum absolute atomic E-state index is 0.114. The molecule has 2 rings (SSSR count). The van der Waals surface area contributed by atoms with E-state index in [-0.39, 0.29) is 18.3 Å². The van der Waals surface area contributed by atoms with Gasteiger partial charge >= 0.3 is 0 Å². The first-order valence-corrected chi connectivity index (χ1v) is 6.98. The van der Waals surface area contributed by atoms with Gasteiger partial charge in [0.2, 0.25) is 5.91 Å². The van der Waals surface area contributed by atoms with Crippen molar-refractivity contribution in [3.63, 3.8) is 0 Å². The van der Waals surface area contributed by atoms with Crippen molar-refractivity contribution in [2.24, 2.45) is 0 Å². The molecule has 110 valence electrons. The summed E-state index contributed by atoms with van der Waals surface area (Å²) in [4.78, 5) is 11.7. The average Bonchev–Trinajstić information content (AvgIpc) is 2.48. The van der Waals surface area contributed by atoms with E-state index in [2.05, 4.69) is 10.6 Å². The Balaban J connectivity index is 1.70. The van der Waals surface area contributed by atoms with E-state index < -0.39 is 0 Å². The normalized spacial score (nSPS) is 10.4. The number of hydrogen-bond acceptors (Lipinski definition) is 2. The highest BCUT2D eigenvalue weighted by molar-refractivity contribution is 6.31. The van der Waals surface area contributed by atoms with Crippen LogP contribution in [0.5, 0.6) is 0 Å². The second-order valence-electron chi connectivity index (χ2n) is 4.60. The monoisotopic (exact) mass is 306 g/mol. The van der Waals surface area contributed by atoms with Crippen LogP contribution in [-0.4, -0.2) is 12.5 Å². The van der Waals surface area contributed by atoms with Crippen molar-refractivity contribution in [3.8, 4) is 0 Å². The molecule has 0 spiro atoms. The molecule has 1 amide bonds. The van der Waals surface area contributed by atoms with Gasteiger partial charge in [-0.05, 0) is 29.3 Å². The molecule has 2 aromatic carbocycles. The molecule has 3 nitrogen and oxygen atoms in total. The second-order valence-corrected chi connectivity index (χ2v) is 5.01. The Morgan fingerprint density at radius 2 is 1.76 bits per heavy atom. The van der Waals surface area contributed by atoms with Crippen LogP contribution in [0.2, 0.25) is 5.02 Å². The molecule has 0 bridgehead atoms. The summed E-state index contributed by atoms with van der Waals surface area (Å²) in [6.45, 7) is 1.11. The van der Waals surface area contributed by atoms with Crippen LogP contribution in [0.15, 0.2) is 48.5 Å². The molecule has 0 aliphatic carbocycles. The lowest BCUT2D eigenvalue weighted by Gasteiger charge is -2.08. The smallest absolute Gasteiger partial charge is 0.234 e. The van der Waals surface area contributed by atoms with E-state index in [1.54, 1.807) is 18.2 Å². The second kappa shape index (κ2) is 7.76. The maximum atomic E-state index is 12.7. The Labute approximate surface area is 128 Å². The Morgan fingerprint density at radius 3 is 2.48 bits per heavy atom. The Morgan fingerprint density at radius 1 is 1.05 bits per heavy atom. The third-order valence-corrected chi connectivity index (χ3v) is 3.33. The van der Waals surface area contributed by atoms with Gasteiger partial charge in [-0.1, -0.05) is 41.9 Å². The molecule has 2 aromatic rings. The standard InChI is InChI=1S/C16H16ClFN2O/c17-15-4-2-1-3-13(15)10-20-16(21)11-19-9-12-5-7-14(18)8-6-12/h1-8,19H,9-11H2,(H,20,21). The number of amides is 1. The number of benzene rings is 2. The van der Waals surface area contributed by atoms with E-state index in [9.17, 15) is 9.18 Å². The van der Waals surface area contributed by atoms with Crippen LogP contribution in [0.1, 0.15) is 11.1 Å². The lowest BCUT2D eigenvalue weighted by Crippen LogP contribution is -2.33. The predicted octanol–water partition coefficient (Wildman–Crippen LogP) is 2.89. The minimum Gasteiger partial charge on any atom is -0.351 e. The van der Waals surface area contributed by atoms with Crippen molar-refractivity contribution in [3.05, 3.63) is 70.5 Å². The number of rotatable bonds is 6. The van der Waals surface area contributed by atoms with Crippen LogP contribution < -0.4 is 10.6 Å². The molecule has 0 unspecified atom stereocenters. The fourth-order valence-electron chi connectivity index (χ4n) is 1.82. The molecular weight excluding hydrogens is 291 g/mol. The zero-order valence-corrected chi connectivity index (χ0v) is 12.2. The molecule has 0 fully saturated rings. The highest BCUT2D eigenvalue weighted by Crippen LogP contribution is 2.14. The van der Waals surface area contributed by atoms with Gasteiger partial charge in [-0.25, -0.2) is 4.39 Å². The first kappa shape index (κ1) is 15.5. The van der Waals surface area contributed by atoms with Crippen LogP contribution in [-0.2, 0) is 17.9 Å². The zero-order chi connectivity index (χ0) is 15.1. The van der Waals surface area contributed by atoms with Crippen molar-refractivity contribution in [2.45, 2.75) is 13.1 Å². The lowest BCUT2D eigenvalue weighted by molar-refractivity contribution is -0.120. The molecule has 0 atom stereocenters. The maximum absolute atomic E-state index is 12.7. The number of carbonyl (C=O) groups is 1. The number of hydrogen-bond donors (Lipinski definition) is 2. The summed E-state index contributed by atoms with van der Waals surface area (Å²) in [6.07, 6.45) is 0. The molecule has 0 saturated heterocycles. The largest absolute Gasteiger partial charge is 0.351 e. The van der Waals surface area contributed by atoms with E-state index in [1.165, 1.54) is 12.1 Å². The van der Waals surface area contributed by atoms with Crippen LogP contribution in [0.4, 0.5) is 4.39 Å². The summed E-state index contributed by atoms with van der Waals surface area (Å²) < 4.78 is 12.7. The van der Waals surface area contributed by atoms with Crippen molar-refractivity contribution < 1.29 is 9.18 Å². The van der Waals surface area contributed by atoms with Gasteiger partial charge in [0.25, 0.3) is 0 Å². The predicted molar refractivity (Wildman–Crippen MR) is 81.4 cm³/mol. The van der Waals surface area contributed by atoms with E-state index in [1.807, 2.05) is 18.2 Å². The van der Waals surface area contributed by atoms with Gasteiger partial charge < -0.3 is 10.6 Å². The van der Waals surface area contributed by atoms with Crippen LogP contribution in [0, 0.1) is 5.82 Å². The molecule has 0 heterocycles.